The molecule has 0 atom stereocenters. The maximum absolute atomic E-state index is 11.7. The van der Waals surface area contributed by atoms with Crippen LogP contribution in [0.4, 0.5) is 0 Å². The van der Waals surface area contributed by atoms with Gasteiger partial charge in [0.15, 0.2) is 0 Å². The third kappa shape index (κ3) is 3.67. The zero-order valence-electron chi connectivity index (χ0n) is 10.1. The average molecular weight is 279 g/mol. The highest BCUT2D eigenvalue weighted by Gasteiger charge is 2.48. The predicted octanol–water partition coefficient (Wildman–Crippen LogP) is -0.276. The van der Waals surface area contributed by atoms with Gasteiger partial charge in [0.05, 0.1) is 24.7 Å². The Morgan fingerprint density at radius 3 is 2.39 bits per heavy atom. The Morgan fingerprint density at radius 1 is 1.39 bits per heavy atom. The molecule has 1 aliphatic carbocycles. The Bertz CT molecular complexity index is 426. The van der Waals surface area contributed by atoms with Crippen molar-refractivity contribution in [3.63, 3.8) is 0 Å². The number of hydrogen-bond donors (Lipinski definition) is 2. The number of carbonyl (C=O) groups is 2. The van der Waals surface area contributed by atoms with Crippen molar-refractivity contribution in [2.75, 3.05) is 19.4 Å². The number of carboxylic acid groups (broad SMARTS) is 1. The molecular weight excluding hydrogens is 262 g/mol. The standard InChI is InChI=1S/C10H17NO6S/c1-17-9(14)10(4-2-5-10)7-18(15,16)11-6-3-8(12)13/h11H,2-7H2,1H3,(H,12,13). The number of aliphatic carboxylic acids is 1. The quantitative estimate of drug-likeness (QED) is 0.620. The Morgan fingerprint density at radius 2 is 2.00 bits per heavy atom. The zero-order chi connectivity index (χ0) is 13.8. The maximum Gasteiger partial charge on any atom is 0.312 e. The number of sulfonamides is 1. The molecule has 0 saturated heterocycles. The number of esters is 1. The molecule has 0 radical (unpaired) electrons. The SMILES string of the molecule is COC(=O)C1(CS(=O)(=O)NCCC(=O)O)CCC1. The van der Waals surface area contributed by atoms with Gasteiger partial charge in [0.1, 0.15) is 0 Å². The van der Waals surface area contributed by atoms with E-state index in [0.29, 0.717) is 12.8 Å². The van der Waals surface area contributed by atoms with Gasteiger partial charge >= 0.3 is 11.9 Å². The minimum absolute atomic E-state index is 0.172. The number of carbonyl (C=O) groups excluding carboxylic acids is 1. The van der Waals surface area contributed by atoms with E-state index in [1.165, 1.54) is 7.11 Å². The van der Waals surface area contributed by atoms with Crippen LogP contribution in [0.2, 0.25) is 0 Å². The Balaban J connectivity index is 2.58. The molecule has 0 amide bonds. The van der Waals surface area contributed by atoms with Crippen LogP contribution in [0.1, 0.15) is 25.7 Å². The number of carboxylic acids is 1. The van der Waals surface area contributed by atoms with E-state index in [9.17, 15) is 18.0 Å². The molecule has 0 spiro atoms. The van der Waals surface area contributed by atoms with Crippen molar-refractivity contribution in [2.45, 2.75) is 25.7 Å². The Labute approximate surface area is 106 Å². The van der Waals surface area contributed by atoms with Crippen LogP contribution in [0.5, 0.6) is 0 Å². The first-order chi connectivity index (χ1) is 8.31. The van der Waals surface area contributed by atoms with Gasteiger partial charge in [-0.15, -0.1) is 0 Å². The molecule has 1 rings (SSSR count). The Kier molecular flexibility index (Phi) is 4.69. The largest absolute Gasteiger partial charge is 0.481 e. The second kappa shape index (κ2) is 5.66. The molecule has 18 heavy (non-hydrogen) atoms. The van der Waals surface area contributed by atoms with Crippen LogP contribution in [-0.4, -0.2) is 44.9 Å². The molecule has 2 N–H and O–H groups in total. The van der Waals surface area contributed by atoms with Crippen molar-refractivity contribution in [1.29, 1.82) is 0 Å². The highest BCUT2D eigenvalue weighted by molar-refractivity contribution is 7.89. The van der Waals surface area contributed by atoms with Gasteiger partial charge in [0.25, 0.3) is 0 Å². The zero-order valence-corrected chi connectivity index (χ0v) is 11.0. The van der Waals surface area contributed by atoms with Gasteiger partial charge in [-0.05, 0) is 12.8 Å². The van der Waals surface area contributed by atoms with E-state index in [1.54, 1.807) is 0 Å². The van der Waals surface area contributed by atoms with Crippen molar-refractivity contribution in [2.24, 2.45) is 5.41 Å². The van der Waals surface area contributed by atoms with E-state index in [-0.39, 0.29) is 18.7 Å². The summed E-state index contributed by atoms with van der Waals surface area (Å²) in [6.45, 7) is -0.172. The highest BCUT2D eigenvalue weighted by atomic mass is 32.2. The van der Waals surface area contributed by atoms with Gasteiger partial charge in [0, 0.05) is 6.54 Å². The van der Waals surface area contributed by atoms with Crippen LogP contribution in [-0.2, 0) is 24.3 Å². The van der Waals surface area contributed by atoms with Crippen molar-refractivity contribution < 1.29 is 27.9 Å². The molecule has 0 bridgehead atoms. The second-order valence-corrected chi connectivity index (χ2v) is 6.23. The van der Waals surface area contributed by atoms with Gasteiger partial charge in [-0.2, -0.15) is 0 Å². The van der Waals surface area contributed by atoms with Crippen molar-refractivity contribution in [1.82, 2.24) is 4.72 Å². The van der Waals surface area contributed by atoms with Gasteiger partial charge < -0.3 is 9.84 Å². The minimum atomic E-state index is -3.67. The molecular formula is C10H17NO6S. The third-order valence-corrected chi connectivity index (χ3v) is 4.63. The fraction of sp³-hybridized carbons (Fsp3) is 0.800. The van der Waals surface area contributed by atoms with E-state index in [1.807, 2.05) is 0 Å². The lowest BCUT2D eigenvalue weighted by Gasteiger charge is -2.38. The van der Waals surface area contributed by atoms with Crippen molar-refractivity contribution >= 4 is 22.0 Å². The van der Waals surface area contributed by atoms with E-state index < -0.39 is 27.4 Å². The molecule has 1 fully saturated rings. The van der Waals surface area contributed by atoms with Gasteiger partial charge in [-0.1, -0.05) is 6.42 Å². The molecule has 0 aromatic rings. The summed E-state index contributed by atoms with van der Waals surface area (Å²) in [7, 11) is -2.44. The molecule has 7 nitrogen and oxygen atoms in total. The van der Waals surface area contributed by atoms with Crippen molar-refractivity contribution in [3.8, 4) is 0 Å². The molecule has 0 unspecified atom stereocenters. The van der Waals surface area contributed by atoms with Crippen LogP contribution < -0.4 is 4.72 Å². The van der Waals surface area contributed by atoms with Crippen molar-refractivity contribution in [3.05, 3.63) is 0 Å². The molecule has 8 heteroatoms. The van der Waals surface area contributed by atoms with E-state index in [2.05, 4.69) is 9.46 Å². The average Bonchev–Trinajstić information content (AvgIpc) is 2.21. The lowest BCUT2D eigenvalue weighted by atomic mass is 9.70. The fourth-order valence-corrected chi connectivity index (χ4v) is 3.60. The number of ether oxygens (including phenoxy) is 1. The first kappa shape index (κ1) is 14.9. The summed E-state index contributed by atoms with van der Waals surface area (Å²) in [5, 5.41) is 8.42. The maximum atomic E-state index is 11.7. The van der Waals surface area contributed by atoms with E-state index >= 15 is 0 Å². The number of rotatable bonds is 7. The second-order valence-electron chi connectivity index (χ2n) is 4.42. The van der Waals surface area contributed by atoms with E-state index in [4.69, 9.17) is 5.11 Å². The van der Waals surface area contributed by atoms with Crippen LogP contribution >= 0.6 is 0 Å². The summed E-state index contributed by atoms with van der Waals surface area (Å²) in [5.41, 5.74) is -0.955. The smallest absolute Gasteiger partial charge is 0.312 e. The van der Waals surface area contributed by atoms with Gasteiger partial charge in [-0.3, -0.25) is 9.59 Å². The van der Waals surface area contributed by atoms with Gasteiger partial charge in [-0.25, -0.2) is 13.1 Å². The molecule has 1 aliphatic rings. The summed E-state index contributed by atoms with van der Waals surface area (Å²) in [6, 6.07) is 0. The first-order valence-electron chi connectivity index (χ1n) is 5.59. The summed E-state index contributed by atoms with van der Waals surface area (Å²) < 4.78 is 30.3. The molecule has 0 aliphatic heterocycles. The molecule has 0 aromatic carbocycles. The monoisotopic (exact) mass is 279 g/mol. The molecule has 0 heterocycles. The number of hydrogen-bond acceptors (Lipinski definition) is 5. The highest BCUT2D eigenvalue weighted by Crippen LogP contribution is 2.42. The van der Waals surface area contributed by atoms with E-state index in [0.717, 1.165) is 6.42 Å². The summed E-state index contributed by atoms with van der Waals surface area (Å²) in [4.78, 5) is 21.9. The molecule has 1 saturated carbocycles. The predicted molar refractivity (Wildman–Crippen MR) is 62.3 cm³/mol. The third-order valence-electron chi connectivity index (χ3n) is 3.06. The van der Waals surface area contributed by atoms with Crippen LogP contribution in [0.25, 0.3) is 0 Å². The summed E-state index contributed by atoms with van der Waals surface area (Å²) in [5.74, 6) is -1.94. The van der Waals surface area contributed by atoms with Crippen LogP contribution in [0.15, 0.2) is 0 Å². The number of methoxy groups -OCH3 is 1. The lowest BCUT2D eigenvalue weighted by molar-refractivity contribution is -0.156. The number of nitrogens with one attached hydrogen (secondary N) is 1. The summed E-state index contributed by atoms with van der Waals surface area (Å²) >= 11 is 0. The minimum Gasteiger partial charge on any atom is -0.481 e. The topological polar surface area (TPSA) is 110 Å². The van der Waals surface area contributed by atoms with Crippen LogP contribution in [0, 0.1) is 5.41 Å². The molecule has 0 aromatic heterocycles. The lowest BCUT2D eigenvalue weighted by Crippen LogP contribution is -2.47. The first-order valence-corrected chi connectivity index (χ1v) is 7.24. The Hall–Kier alpha value is -1.15. The molecule has 104 valence electrons. The fourth-order valence-electron chi connectivity index (χ4n) is 1.96. The normalized spacial score (nSPS) is 17.8. The van der Waals surface area contributed by atoms with Gasteiger partial charge in [0.2, 0.25) is 10.0 Å². The van der Waals surface area contributed by atoms with Crippen LogP contribution in [0.3, 0.4) is 0 Å². The summed E-state index contributed by atoms with van der Waals surface area (Å²) in [6.07, 6.45) is 1.48.